The Balaban J connectivity index is 2.74. The number of nitrogens with one attached hydrogen (secondary N) is 1. The van der Waals surface area contributed by atoms with E-state index in [1.807, 2.05) is 39.0 Å². The molecule has 1 aromatic rings. The van der Waals surface area contributed by atoms with Crippen LogP contribution in [-0.4, -0.2) is 10.9 Å². The number of nitrogens with zero attached hydrogens (tertiary/aromatic N) is 2. The molecule has 0 radical (unpaired) electrons. The molecule has 0 atom stereocenters. The van der Waals surface area contributed by atoms with Crippen LogP contribution in [0.15, 0.2) is 18.2 Å². The van der Waals surface area contributed by atoms with Crippen LogP contribution in [0.25, 0.3) is 0 Å². The number of pyridine rings is 1. The predicted octanol–water partition coefficient (Wildman–Crippen LogP) is 3.12. The topological polar surface area (TPSA) is 65.8 Å². The minimum atomic E-state index is -0.896. The van der Waals surface area contributed by atoms with Crippen molar-refractivity contribution in [3.63, 3.8) is 0 Å². The van der Waals surface area contributed by atoms with E-state index in [4.69, 9.17) is 0 Å². The third kappa shape index (κ3) is 4.06. The molecule has 0 bridgehead atoms. The van der Waals surface area contributed by atoms with Crippen LogP contribution in [0.2, 0.25) is 0 Å². The van der Waals surface area contributed by atoms with Crippen LogP contribution in [-0.2, 0) is 11.3 Å². The van der Waals surface area contributed by atoms with Gasteiger partial charge >= 0.3 is 0 Å². The molecule has 20 heavy (non-hydrogen) atoms. The van der Waals surface area contributed by atoms with Crippen LogP contribution in [0.4, 0.5) is 0 Å². The first-order chi connectivity index (χ1) is 9.57. The Bertz CT molecular complexity index is 485. The highest BCUT2D eigenvalue weighted by atomic mass is 16.2. The number of aromatic nitrogens is 1. The second-order valence-electron chi connectivity index (χ2n) is 5.15. The van der Waals surface area contributed by atoms with Crippen LogP contribution < -0.4 is 5.32 Å². The molecule has 0 saturated carbocycles. The molecule has 4 nitrogen and oxygen atoms in total. The molecular weight excluding hydrogens is 250 g/mol. The van der Waals surface area contributed by atoms with Gasteiger partial charge in [-0.1, -0.05) is 32.8 Å². The van der Waals surface area contributed by atoms with Gasteiger partial charge in [0, 0.05) is 5.69 Å². The summed E-state index contributed by atoms with van der Waals surface area (Å²) in [5, 5.41) is 12.3. The zero-order chi connectivity index (χ0) is 15.0. The second kappa shape index (κ2) is 7.64. The normalized spacial score (nSPS) is 10.9. The number of carbonyl (C=O) groups excluding carboxylic acids is 1. The largest absolute Gasteiger partial charge is 0.349 e. The molecule has 1 amide bonds. The van der Waals surface area contributed by atoms with Gasteiger partial charge in [-0.05, 0) is 31.9 Å². The van der Waals surface area contributed by atoms with Gasteiger partial charge in [0.25, 0.3) is 0 Å². The second-order valence-corrected chi connectivity index (χ2v) is 5.15. The molecule has 0 aliphatic rings. The maximum atomic E-state index is 12.4. The van der Waals surface area contributed by atoms with Crippen molar-refractivity contribution < 1.29 is 4.79 Å². The highest BCUT2D eigenvalue weighted by Gasteiger charge is 2.36. The Morgan fingerprint density at radius 3 is 2.50 bits per heavy atom. The van der Waals surface area contributed by atoms with E-state index in [-0.39, 0.29) is 5.91 Å². The molecule has 0 unspecified atom stereocenters. The Hall–Kier alpha value is -1.89. The molecule has 0 saturated heterocycles. The van der Waals surface area contributed by atoms with E-state index in [2.05, 4.69) is 16.4 Å². The summed E-state index contributed by atoms with van der Waals surface area (Å²) in [4.78, 5) is 16.7. The summed E-state index contributed by atoms with van der Waals surface area (Å²) >= 11 is 0. The number of hydrogen-bond acceptors (Lipinski definition) is 3. The summed E-state index contributed by atoms with van der Waals surface area (Å²) < 4.78 is 0. The number of amides is 1. The smallest absolute Gasteiger partial charge is 0.240 e. The fourth-order valence-electron chi connectivity index (χ4n) is 2.41. The van der Waals surface area contributed by atoms with Crippen LogP contribution >= 0.6 is 0 Å². The predicted molar refractivity (Wildman–Crippen MR) is 78.7 cm³/mol. The van der Waals surface area contributed by atoms with E-state index in [0.717, 1.165) is 24.2 Å². The minimum absolute atomic E-state index is 0.174. The molecule has 0 aliphatic heterocycles. The maximum Gasteiger partial charge on any atom is 0.240 e. The summed E-state index contributed by atoms with van der Waals surface area (Å²) in [7, 11) is 0. The van der Waals surface area contributed by atoms with Gasteiger partial charge in [0.1, 0.15) is 5.41 Å². The van der Waals surface area contributed by atoms with E-state index in [9.17, 15) is 10.1 Å². The summed E-state index contributed by atoms with van der Waals surface area (Å²) in [6, 6.07) is 7.94. The van der Waals surface area contributed by atoms with Gasteiger partial charge < -0.3 is 5.32 Å². The number of nitriles is 1. The average Bonchev–Trinajstić information content (AvgIpc) is 2.44. The van der Waals surface area contributed by atoms with E-state index in [0.29, 0.717) is 19.4 Å². The summed E-state index contributed by atoms with van der Waals surface area (Å²) in [5.41, 5.74) is 0.844. The molecule has 0 fully saturated rings. The molecule has 1 heterocycles. The lowest BCUT2D eigenvalue weighted by molar-refractivity contribution is -0.129. The zero-order valence-corrected chi connectivity index (χ0v) is 12.6. The molecule has 1 rings (SSSR count). The van der Waals surface area contributed by atoms with Crippen molar-refractivity contribution in [1.29, 1.82) is 5.26 Å². The van der Waals surface area contributed by atoms with E-state index < -0.39 is 5.41 Å². The Kier molecular flexibility index (Phi) is 6.17. The van der Waals surface area contributed by atoms with E-state index in [1.54, 1.807) is 0 Å². The summed E-state index contributed by atoms with van der Waals surface area (Å²) in [6.07, 6.45) is 2.85. The van der Waals surface area contributed by atoms with Gasteiger partial charge in [-0.25, -0.2) is 0 Å². The van der Waals surface area contributed by atoms with Gasteiger partial charge in [0.15, 0.2) is 0 Å². The summed E-state index contributed by atoms with van der Waals surface area (Å²) in [6.45, 7) is 6.28. The molecule has 1 aromatic heterocycles. The molecular formula is C16H23N3O. The molecule has 0 spiro atoms. The zero-order valence-electron chi connectivity index (χ0n) is 12.6. The van der Waals surface area contributed by atoms with E-state index in [1.165, 1.54) is 0 Å². The van der Waals surface area contributed by atoms with Crippen molar-refractivity contribution in [3.8, 4) is 6.07 Å². The number of aryl methyl sites for hydroxylation is 1. The van der Waals surface area contributed by atoms with Crippen LogP contribution in [0, 0.1) is 23.7 Å². The average molecular weight is 273 g/mol. The lowest BCUT2D eigenvalue weighted by atomic mass is 9.80. The van der Waals surface area contributed by atoms with Crippen LogP contribution in [0.5, 0.6) is 0 Å². The Morgan fingerprint density at radius 2 is 2.00 bits per heavy atom. The van der Waals surface area contributed by atoms with Gasteiger partial charge in [0.2, 0.25) is 5.91 Å². The van der Waals surface area contributed by atoms with Crippen LogP contribution in [0.1, 0.15) is 50.9 Å². The van der Waals surface area contributed by atoms with Crippen molar-refractivity contribution in [1.82, 2.24) is 10.3 Å². The fourth-order valence-corrected chi connectivity index (χ4v) is 2.41. The first-order valence-corrected chi connectivity index (χ1v) is 7.20. The summed E-state index contributed by atoms with van der Waals surface area (Å²) in [5.74, 6) is -0.174. The standard InChI is InChI=1S/C16H23N3O/c1-4-9-16(12-17,10-5-2)15(20)18-11-14-8-6-7-13(3)19-14/h6-8H,4-5,9-11H2,1-3H3,(H,18,20). The van der Waals surface area contributed by atoms with E-state index >= 15 is 0 Å². The first kappa shape index (κ1) is 16.2. The Labute approximate surface area is 121 Å². The SMILES string of the molecule is CCCC(C#N)(CCC)C(=O)NCc1cccc(C)n1. The lowest BCUT2D eigenvalue weighted by Gasteiger charge is -2.24. The lowest BCUT2D eigenvalue weighted by Crippen LogP contribution is -2.39. The number of rotatable bonds is 7. The van der Waals surface area contributed by atoms with Crippen molar-refractivity contribution in [2.45, 2.75) is 53.0 Å². The minimum Gasteiger partial charge on any atom is -0.349 e. The molecule has 108 valence electrons. The van der Waals surface area contributed by atoms with Crippen LogP contribution in [0.3, 0.4) is 0 Å². The maximum absolute atomic E-state index is 12.4. The third-order valence-electron chi connectivity index (χ3n) is 3.38. The monoisotopic (exact) mass is 273 g/mol. The van der Waals surface area contributed by atoms with Crippen molar-refractivity contribution in [2.24, 2.45) is 5.41 Å². The molecule has 4 heteroatoms. The molecule has 1 N–H and O–H groups in total. The quantitative estimate of drug-likeness (QED) is 0.830. The highest BCUT2D eigenvalue weighted by molar-refractivity contribution is 5.85. The van der Waals surface area contributed by atoms with Crippen molar-refractivity contribution in [2.75, 3.05) is 0 Å². The fraction of sp³-hybridized carbons (Fsp3) is 0.562. The van der Waals surface area contributed by atoms with Gasteiger partial charge in [-0.3, -0.25) is 9.78 Å². The third-order valence-corrected chi connectivity index (χ3v) is 3.38. The number of carbonyl (C=O) groups is 1. The molecule has 0 aliphatic carbocycles. The first-order valence-electron chi connectivity index (χ1n) is 7.20. The molecule has 0 aromatic carbocycles. The highest BCUT2D eigenvalue weighted by Crippen LogP contribution is 2.29. The van der Waals surface area contributed by atoms with Gasteiger partial charge in [-0.15, -0.1) is 0 Å². The Morgan fingerprint density at radius 1 is 1.35 bits per heavy atom. The van der Waals surface area contributed by atoms with Gasteiger partial charge in [0.05, 0.1) is 18.3 Å². The number of hydrogen-bond donors (Lipinski definition) is 1. The van der Waals surface area contributed by atoms with Crippen molar-refractivity contribution in [3.05, 3.63) is 29.6 Å². The van der Waals surface area contributed by atoms with Crippen molar-refractivity contribution >= 4 is 5.91 Å². The van der Waals surface area contributed by atoms with Gasteiger partial charge in [-0.2, -0.15) is 5.26 Å².